The van der Waals surface area contributed by atoms with Gasteiger partial charge in [-0.2, -0.15) is 0 Å². The van der Waals surface area contributed by atoms with Gasteiger partial charge in [-0.15, -0.1) is 0 Å². The summed E-state index contributed by atoms with van der Waals surface area (Å²) in [4.78, 5) is 2.36. The Hall–Kier alpha value is -6.58. The monoisotopic (exact) mass is 667 g/mol. The minimum Gasteiger partial charge on any atom is -0.456 e. The molecular weight excluding hydrogens is 635 g/mol. The minimum atomic E-state index is -0.107. The summed E-state index contributed by atoms with van der Waals surface area (Å²) in [7, 11) is 0. The fourth-order valence-electron chi connectivity index (χ4n) is 8.58. The number of anilines is 3. The van der Waals surface area contributed by atoms with Gasteiger partial charge in [0.25, 0.3) is 0 Å². The lowest BCUT2D eigenvalue weighted by atomic mass is 9.82. The van der Waals surface area contributed by atoms with E-state index in [2.05, 4.69) is 158 Å². The molecule has 0 spiro atoms. The highest BCUT2D eigenvalue weighted by atomic mass is 16.3. The number of furan rings is 2. The van der Waals surface area contributed by atoms with Gasteiger partial charge >= 0.3 is 0 Å². The Balaban J connectivity index is 1.03. The maximum Gasteiger partial charge on any atom is 0.137 e. The first kappa shape index (κ1) is 29.2. The highest BCUT2D eigenvalue weighted by Gasteiger charge is 2.35. The van der Waals surface area contributed by atoms with Crippen molar-refractivity contribution in [1.82, 2.24) is 0 Å². The molecule has 0 saturated heterocycles. The summed E-state index contributed by atoms with van der Waals surface area (Å²) in [6.45, 7) is 4.68. The summed E-state index contributed by atoms with van der Waals surface area (Å²) in [6, 6.07) is 59.0. The standard InChI is InChI=1S/C49H33NO2/c1-49(2)43-12-6-3-9-37(43)38-23-21-35(28-44(38)49)50(36-22-24-41-39-10-4-7-13-45(39)52-48(41)29-36)34-19-17-30(18-20-34)31-15-16-32-27-47-42(26-33(32)25-31)40-11-5-8-14-46(40)51-47/h3-29H,1-2H3. The topological polar surface area (TPSA) is 29.5 Å². The predicted molar refractivity (Wildman–Crippen MR) is 216 cm³/mol. The first-order valence-electron chi connectivity index (χ1n) is 17.9. The van der Waals surface area contributed by atoms with E-state index in [9.17, 15) is 0 Å². The number of para-hydroxylation sites is 2. The van der Waals surface area contributed by atoms with Crippen molar-refractivity contribution in [1.29, 1.82) is 0 Å². The zero-order valence-electron chi connectivity index (χ0n) is 28.9. The number of benzene rings is 8. The van der Waals surface area contributed by atoms with Crippen LogP contribution in [0.1, 0.15) is 25.0 Å². The number of nitrogens with zero attached hydrogens (tertiary/aromatic N) is 1. The molecule has 8 aromatic carbocycles. The van der Waals surface area contributed by atoms with E-state index >= 15 is 0 Å². The molecular formula is C49H33NO2. The molecule has 0 fully saturated rings. The van der Waals surface area contributed by atoms with E-state index in [0.29, 0.717) is 0 Å². The van der Waals surface area contributed by atoms with Crippen LogP contribution < -0.4 is 4.90 Å². The van der Waals surface area contributed by atoms with Crippen LogP contribution in [-0.2, 0) is 5.41 Å². The average Bonchev–Trinajstić information content (AvgIpc) is 3.81. The second-order valence-corrected chi connectivity index (χ2v) is 14.6. The summed E-state index contributed by atoms with van der Waals surface area (Å²) < 4.78 is 12.6. The lowest BCUT2D eigenvalue weighted by molar-refractivity contribution is 0.660. The van der Waals surface area contributed by atoms with Gasteiger partial charge in [0.2, 0.25) is 0 Å². The molecule has 0 saturated carbocycles. The van der Waals surface area contributed by atoms with Crippen molar-refractivity contribution < 1.29 is 8.83 Å². The Labute approximate surface area is 301 Å². The van der Waals surface area contributed by atoms with Crippen molar-refractivity contribution in [3.8, 4) is 22.3 Å². The Morgan fingerprint density at radius 1 is 0.385 bits per heavy atom. The molecule has 0 aliphatic heterocycles. The second-order valence-electron chi connectivity index (χ2n) is 14.6. The lowest BCUT2D eigenvalue weighted by Gasteiger charge is -2.28. The second kappa shape index (κ2) is 10.7. The maximum absolute atomic E-state index is 6.39. The fraction of sp³-hybridized carbons (Fsp3) is 0.0612. The van der Waals surface area contributed by atoms with Gasteiger partial charge in [-0.3, -0.25) is 0 Å². The van der Waals surface area contributed by atoms with Crippen molar-refractivity contribution in [3.63, 3.8) is 0 Å². The fourth-order valence-corrected chi connectivity index (χ4v) is 8.58. The third-order valence-electron chi connectivity index (χ3n) is 11.2. The van der Waals surface area contributed by atoms with Crippen LogP contribution in [-0.4, -0.2) is 0 Å². The van der Waals surface area contributed by atoms with E-state index < -0.39 is 0 Å². The van der Waals surface area contributed by atoms with E-state index in [1.54, 1.807) is 0 Å². The van der Waals surface area contributed by atoms with Crippen LogP contribution in [0.2, 0.25) is 0 Å². The first-order valence-corrected chi connectivity index (χ1v) is 17.9. The highest BCUT2D eigenvalue weighted by molar-refractivity contribution is 6.10. The number of hydrogen-bond acceptors (Lipinski definition) is 3. The van der Waals surface area contributed by atoms with Gasteiger partial charge < -0.3 is 13.7 Å². The lowest BCUT2D eigenvalue weighted by Crippen LogP contribution is -2.16. The van der Waals surface area contributed by atoms with E-state index in [-0.39, 0.29) is 5.41 Å². The summed E-state index contributed by atoms with van der Waals surface area (Å²) in [5, 5.41) is 6.91. The summed E-state index contributed by atoms with van der Waals surface area (Å²) in [5.74, 6) is 0. The van der Waals surface area contributed by atoms with E-state index in [1.165, 1.54) is 44.2 Å². The number of fused-ring (bicyclic) bond motifs is 10. The third kappa shape index (κ3) is 4.26. The van der Waals surface area contributed by atoms with Crippen molar-refractivity contribution in [2.45, 2.75) is 19.3 Å². The highest BCUT2D eigenvalue weighted by Crippen LogP contribution is 2.51. The Kier molecular flexibility index (Phi) is 6.01. The van der Waals surface area contributed by atoms with Crippen LogP contribution in [0, 0.1) is 0 Å². The summed E-state index contributed by atoms with van der Waals surface area (Å²) >= 11 is 0. The molecule has 11 rings (SSSR count). The SMILES string of the molecule is CC1(C)c2ccccc2-c2ccc(N(c3ccc(-c4ccc5cc6oc7ccccc7c6cc5c4)cc3)c3ccc4c(c3)oc3ccccc34)cc21. The molecule has 3 heteroatoms. The quantitative estimate of drug-likeness (QED) is 0.187. The normalized spacial score (nSPS) is 13.3. The van der Waals surface area contributed by atoms with Crippen molar-refractivity contribution in [2.24, 2.45) is 0 Å². The molecule has 0 N–H and O–H groups in total. The van der Waals surface area contributed by atoms with Crippen LogP contribution in [0.3, 0.4) is 0 Å². The Morgan fingerprint density at radius 3 is 1.79 bits per heavy atom. The van der Waals surface area contributed by atoms with Crippen LogP contribution in [0.5, 0.6) is 0 Å². The van der Waals surface area contributed by atoms with Crippen LogP contribution in [0.25, 0.3) is 76.9 Å². The molecule has 1 aliphatic carbocycles. The predicted octanol–water partition coefficient (Wildman–Crippen LogP) is 14.1. The molecule has 52 heavy (non-hydrogen) atoms. The molecule has 0 bridgehead atoms. The third-order valence-corrected chi connectivity index (χ3v) is 11.2. The molecule has 246 valence electrons. The molecule has 3 nitrogen and oxygen atoms in total. The largest absolute Gasteiger partial charge is 0.456 e. The van der Waals surface area contributed by atoms with Gasteiger partial charge in [-0.1, -0.05) is 105 Å². The zero-order chi connectivity index (χ0) is 34.6. The van der Waals surface area contributed by atoms with Crippen LogP contribution >= 0.6 is 0 Å². The Morgan fingerprint density at radius 2 is 0.981 bits per heavy atom. The average molecular weight is 668 g/mol. The van der Waals surface area contributed by atoms with Gasteiger partial charge in [0.15, 0.2) is 0 Å². The molecule has 0 atom stereocenters. The van der Waals surface area contributed by atoms with Crippen LogP contribution in [0.15, 0.2) is 173 Å². The van der Waals surface area contributed by atoms with E-state index in [4.69, 9.17) is 8.83 Å². The van der Waals surface area contributed by atoms with Gasteiger partial charge in [-0.05, 0) is 111 Å². The molecule has 0 unspecified atom stereocenters. The zero-order valence-corrected chi connectivity index (χ0v) is 28.9. The molecule has 0 radical (unpaired) electrons. The van der Waals surface area contributed by atoms with E-state index in [1.807, 2.05) is 24.3 Å². The van der Waals surface area contributed by atoms with Gasteiger partial charge in [0, 0.05) is 50.1 Å². The van der Waals surface area contributed by atoms with E-state index in [0.717, 1.165) is 60.9 Å². The number of rotatable bonds is 4. The Bertz CT molecular complexity index is 3050. The smallest absolute Gasteiger partial charge is 0.137 e. The number of hydrogen-bond donors (Lipinski definition) is 0. The van der Waals surface area contributed by atoms with Crippen molar-refractivity contribution in [2.75, 3.05) is 4.90 Å². The molecule has 2 aromatic heterocycles. The summed E-state index contributed by atoms with van der Waals surface area (Å²) in [6.07, 6.45) is 0. The van der Waals surface area contributed by atoms with Gasteiger partial charge in [-0.25, -0.2) is 0 Å². The molecule has 1 aliphatic rings. The van der Waals surface area contributed by atoms with Gasteiger partial charge in [0.1, 0.15) is 22.3 Å². The molecule has 2 heterocycles. The van der Waals surface area contributed by atoms with Gasteiger partial charge in [0.05, 0.1) is 0 Å². The molecule has 10 aromatic rings. The first-order chi connectivity index (χ1) is 25.5. The van der Waals surface area contributed by atoms with Crippen LogP contribution in [0.4, 0.5) is 17.1 Å². The van der Waals surface area contributed by atoms with Crippen molar-refractivity contribution in [3.05, 3.63) is 175 Å². The van der Waals surface area contributed by atoms with Crippen molar-refractivity contribution >= 4 is 71.7 Å². The maximum atomic E-state index is 6.39. The minimum absolute atomic E-state index is 0.107. The summed E-state index contributed by atoms with van der Waals surface area (Å²) in [5.41, 5.74) is 14.5. The molecule has 0 amide bonds.